The van der Waals surface area contributed by atoms with E-state index < -0.39 is 0 Å². The number of thioether (sulfide) groups is 1. The number of hydrogen-bond donors (Lipinski definition) is 2. The maximum Gasteiger partial charge on any atom is 0.264 e. The van der Waals surface area contributed by atoms with E-state index in [0.717, 1.165) is 11.3 Å². The average molecular weight is 325 g/mol. The van der Waals surface area contributed by atoms with E-state index in [2.05, 4.69) is 37.8 Å². The van der Waals surface area contributed by atoms with Crippen molar-refractivity contribution < 1.29 is 0 Å². The molecule has 23 heavy (non-hydrogen) atoms. The Morgan fingerprint density at radius 3 is 2.83 bits per heavy atom. The maximum atomic E-state index is 5.97. The van der Waals surface area contributed by atoms with Crippen LogP contribution in [0.15, 0.2) is 65.1 Å². The summed E-state index contributed by atoms with van der Waals surface area (Å²) >= 11 is 1.51. The van der Waals surface area contributed by atoms with E-state index >= 15 is 0 Å². The van der Waals surface area contributed by atoms with E-state index in [1.807, 2.05) is 30.3 Å². The molecule has 0 saturated carbocycles. The first-order valence-corrected chi connectivity index (χ1v) is 7.88. The van der Waals surface area contributed by atoms with Crippen molar-refractivity contribution in [3.05, 3.63) is 66.0 Å². The Bertz CT molecular complexity index is 771. The van der Waals surface area contributed by atoms with E-state index in [1.54, 1.807) is 18.6 Å². The molecule has 8 heteroatoms. The average Bonchev–Trinajstić information content (AvgIpc) is 2.95. The molecule has 0 aliphatic carbocycles. The highest BCUT2D eigenvalue weighted by Gasteiger charge is 2.09. The Hall–Kier alpha value is -2.87. The van der Waals surface area contributed by atoms with E-state index in [9.17, 15) is 0 Å². The predicted octanol–water partition coefficient (Wildman–Crippen LogP) is 2.13. The van der Waals surface area contributed by atoms with Crippen molar-refractivity contribution in [2.75, 3.05) is 11.3 Å². The minimum Gasteiger partial charge on any atom is -0.334 e. The third-order valence-corrected chi connectivity index (χ3v) is 3.95. The van der Waals surface area contributed by atoms with Crippen LogP contribution < -0.4 is 11.3 Å². The van der Waals surface area contributed by atoms with Crippen molar-refractivity contribution in [2.45, 2.75) is 10.9 Å². The van der Waals surface area contributed by atoms with E-state index in [1.165, 1.54) is 22.0 Å². The Morgan fingerprint density at radius 1 is 1.17 bits per heavy atom. The van der Waals surface area contributed by atoms with Gasteiger partial charge in [0.15, 0.2) is 0 Å². The normalized spacial score (nSPS) is 11.0. The molecular formula is C15H15N7S. The highest BCUT2D eigenvalue weighted by Crippen LogP contribution is 2.21. The second-order valence-corrected chi connectivity index (χ2v) is 5.55. The summed E-state index contributed by atoms with van der Waals surface area (Å²) in [6.07, 6.45) is 5.05. The highest BCUT2D eigenvalue weighted by atomic mass is 32.2. The summed E-state index contributed by atoms with van der Waals surface area (Å²) in [7, 11) is 0. The summed E-state index contributed by atoms with van der Waals surface area (Å²) in [5, 5.41) is 12.7. The third kappa shape index (κ3) is 4.07. The molecule has 3 N–H and O–H groups in total. The summed E-state index contributed by atoms with van der Waals surface area (Å²) in [6.45, 7) is 0. The first kappa shape index (κ1) is 15.0. The van der Waals surface area contributed by atoms with Gasteiger partial charge in [-0.15, -0.1) is 10.2 Å². The minimum atomic E-state index is 0.376. The molecular weight excluding hydrogens is 310 g/mol. The monoisotopic (exact) mass is 325 g/mol. The SMILES string of the molecule is Nn1c(N/N=C/c2cccnc2)nnc1SCc1ccccc1. The van der Waals surface area contributed by atoms with Gasteiger partial charge in [-0.2, -0.15) is 5.10 Å². The summed E-state index contributed by atoms with van der Waals surface area (Å²) in [5.74, 6) is 7.12. The Labute approximate surface area is 137 Å². The van der Waals surface area contributed by atoms with Gasteiger partial charge in [0, 0.05) is 23.7 Å². The summed E-state index contributed by atoms with van der Waals surface area (Å²) in [4.78, 5) is 4.00. The lowest BCUT2D eigenvalue weighted by Crippen LogP contribution is -2.13. The molecule has 116 valence electrons. The van der Waals surface area contributed by atoms with Gasteiger partial charge in [-0.3, -0.25) is 4.98 Å². The topological polar surface area (TPSA) is 94.0 Å². The van der Waals surface area contributed by atoms with Gasteiger partial charge in [0.25, 0.3) is 5.95 Å². The molecule has 0 bridgehead atoms. The van der Waals surface area contributed by atoms with Crippen LogP contribution in [0.4, 0.5) is 5.95 Å². The molecule has 2 aromatic heterocycles. The molecule has 0 amide bonds. The van der Waals surface area contributed by atoms with Crippen molar-refractivity contribution >= 4 is 23.9 Å². The number of hydrazone groups is 1. The first-order valence-electron chi connectivity index (χ1n) is 6.89. The van der Waals surface area contributed by atoms with Gasteiger partial charge in [-0.25, -0.2) is 10.1 Å². The van der Waals surface area contributed by atoms with E-state index in [4.69, 9.17) is 5.84 Å². The lowest BCUT2D eigenvalue weighted by molar-refractivity contribution is 0.847. The molecule has 0 spiro atoms. The molecule has 0 saturated heterocycles. The van der Waals surface area contributed by atoms with Crippen LogP contribution in [0.2, 0.25) is 0 Å². The molecule has 0 aliphatic heterocycles. The number of rotatable bonds is 6. The van der Waals surface area contributed by atoms with Gasteiger partial charge in [-0.1, -0.05) is 48.2 Å². The molecule has 2 heterocycles. The van der Waals surface area contributed by atoms with Crippen molar-refractivity contribution in [3.63, 3.8) is 0 Å². The fraction of sp³-hybridized carbons (Fsp3) is 0.0667. The molecule has 0 unspecified atom stereocenters. The standard InChI is InChI=1S/C15H15N7S/c16-22-14(19-18-10-13-7-4-8-17-9-13)20-21-15(22)23-11-12-5-2-1-3-6-12/h1-10H,11,16H2,(H,19,20)/b18-10+. The number of nitrogens with two attached hydrogens (primary N) is 1. The molecule has 0 fully saturated rings. The fourth-order valence-electron chi connectivity index (χ4n) is 1.79. The van der Waals surface area contributed by atoms with Crippen LogP contribution in [0.1, 0.15) is 11.1 Å². The summed E-state index contributed by atoms with van der Waals surface area (Å²) in [6, 6.07) is 13.8. The van der Waals surface area contributed by atoms with Gasteiger partial charge in [-0.05, 0) is 11.6 Å². The maximum absolute atomic E-state index is 5.97. The van der Waals surface area contributed by atoms with Crippen LogP contribution in [0.3, 0.4) is 0 Å². The van der Waals surface area contributed by atoms with Gasteiger partial charge < -0.3 is 5.84 Å². The second kappa shape index (κ2) is 7.41. The van der Waals surface area contributed by atoms with Gasteiger partial charge in [0.1, 0.15) is 0 Å². The zero-order valence-corrected chi connectivity index (χ0v) is 13.0. The molecule has 0 radical (unpaired) electrons. The van der Waals surface area contributed by atoms with Gasteiger partial charge in [0.05, 0.1) is 6.21 Å². The zero-order valence-electron chi connectivity index (χ0n) is 12.2. The molecule has 1 aromatic carbocycles. The number of pyridine rings is 1. The number of hydrogen-bond acceptors (Lipinski definition) is 7. The van der Waals surface area contributed by atoms with Crippen LogP contribution in [-0.2, 0) is 5.75 Å². The largest absolute Gasteiger partial charge is 0.334 e. The third-order valence-electron chi connectivity index (χ3n) is 2.94. The lowest BCUT2D eigenvalue weighted by Gasteiger charge is -2.03. The van der Waals surface area contributed by atoms with Gasteiger partial charge >= 0.3 is 0 Å². The van der Waals surface area contributed by atoms with Crippen molar-refractivity contribution in [3.8, 4) is 0 Å². The molecule has 3 aromatic rings. The number of nitrogens with zero attached hydrogens (tertiary/aromatic N) is 5. The molecule has 0 atom stereocenters. The summed E-state index contributed by atoms with van der Waals surface area (Å²) in [5.41, 5.74) is 4.85. The predicted molar refractivity (Wildman–Crippen MR) is 91.6 cm³/mol. The lowest BCUT2D eigenvalue weighted by atomic mass is 10.2. The quantitative estimate of drug-likeness (QED) is 0.312. The van der Waals surface area contributed by atoms with Crippen LogP contribution in [0, 0.1) is 0 Å². The first-order chi connectivity index (χ1) is 11.3. The number of nitrogen functional groups attached to an aromatic ring is 1. The highest BCUT2D eigenvalue weighted by molar-refractivity contribution is 7.98. The van der Waals surface area contributed by atoms with Crippen molar-refractivity contribution in [1.82, 2.24) is 19.9 Å². The van der Waals surface area contributed by atoms with Crippen molar-refractivity contribution in [1.29, 1.82) is 0 Å². The molecule has 7 nitrogen and oxygen atoms in total. The van der Waals surface area contributed by atoms with E-state index in [-0.39, 0.29) is 0 Å². The number of aromatic nitrogens is 4. The van der Waals surface area contributed by atoms with Crippen LogP contribution >= 0.6 is 11.8 Å². The Balaban J connectivity index is 1.59. The number of nitrogens with one attached hydrogen (secondary N) is 1. The minimum absolute atomic E-state index is 0.376. The Kier molecular flexibility index (Phi) is 4.85. The van der Waals surface area contributed by atoms with Crippen LogP contribution in [0.5, 0.6) is 0 Å². The number of benzene rings is 1. The fourth-order valence-corrected chi connectivity index (χ4v) is 2.60. The van der Waals surface area contributed by atoms with Crippen molar-refractivity contribution in [2.24, 2.45) is 5.10 Å². The molecule has 3 rings (SSSR count). The van der Waals surface area contributed by atoms with Crippen LogP contribution in [0.25, 0.3) is 0 Å². The second-order valence-electron chi connectivity index (χ2n) is 4.61. The smallest absolute Gasteiger partial charge is 0.264 e. The number of anilines is 1. The van der Waals surface area contributed by atoms with Gasteiger partial charge in [0.2, 0.25) is 5.16 Å². The summed E-state index contributed by atoms with van der Waals surface area (Å²) < 4.78 is 1.38. The molecule has 0 aliphatic rings. The Morgan fingerprint density at radius 2 is 2.04 bits per heavy atom. The van der Waals surface area contributed by atoms with Crippen LogP contribution in [-0.4, -0.2) is 26.1 Å². The zero-order chi connectivity index (χ0) is 15.9. The van der Waals surface area contributed by atoms with E-state index in [0.29, 0.717) is 11.1 Å².